The van der Waals surface area contributed by atoms with Gasteiger partial charge in [-0.05, 0) is 37.0 Å². The number of anilines is 1. The van der Waals surface area contributed by atoms with Gasteiger partial charge in [0.15, 0.2) is 0 Å². The van der Waals surface area contributed by atoms with E-state index in [-0.39, 0.29) is 5.41 Å². The second-order valence-electron chi connectivity index (χ2n) is 5.84. The molecule has 1 spiro atoms. The van der Waals surface area contributed by atoms with Crippen molar-refractivity contribution < 1.29 is 5.11 Å². The molecule has 1 atom stereocenters. The molecule has 1 fully saturated rings. The van der Waals surface area contributed by atoms with Gasteiger partial charge in [0.1, 0.15) is 12.1 Å². The number of fused-ring (bicyclic) bond motifs is 2. The molecule has 2 N–H and O–H groups in total. The Labute approximate surface area is 117 Å². The summed E-state index contributed by atoms with van der Waals surface area (Å²) in [5.41, 5.74) is 4.35. The molecule has 1 saturated carbocycles. The van der Waals surface area contributed by atoms with Gasteiger partial charge in [-0.2, -0.15) is 0 Å². The Morgan fingerprint density at radius 1 is 1.20 bits per heavy atom. The highest BCUT2D eigenvalue weighted by Gasteiger charge is 2.50. The molecular weight excluding hydrogens is 250 g/mol. The molecule has 1 unspecified atom stereocenters. The first-order chi connectivity index (χ1) is 9.69. The number of aromatic nitrogens is 2. The summed E-state index contributed by atoms with van der Waals surface area (Å²) in [5, 5.41) is 13.5. The topological polar surface area (TPSA) is 58.0 Å². The van der Waals surface area contributed by atoms with Gasteiger partial charge >= 0.3 is 0 Å². The molecule has 0 saturated heterocycles. The van der Waals surface area contributed by atoms with Crippen LogP contribution in [0.25, 0.3) is 11.1 Å². The van der Waals surface area contributed by atoms with Gasteiger partial charge in [-0.1, -0.05) is 18.6 Å². The molecule has 0 bridgehead atoms. The van der Waals surface area contributed by atoms with E-state index in [2.05, 4.69) is 33.5 Å². The molecule has 2 aromatic rings. The fourth-order valence-corrected chi connectivity index (χ4v) is 3.35. The SMILES string of the molecule is Cc1ncc(-c2ccc3c(c2)NC(O)C32CCC2)cn1. The number of nitrogens with zero attached hydrogens (tertiary/aromatic N) is 2. The third-order valence-corrected chi connectivity index (χ3v) is 4.73. The van der Waals surface area contributed by atoms with E-state index in [1.807, 2.05) is 19.3 Å². The number of benzene rings is 1. The fraction of sp³-hybridized carbons (Fsp3) is 0.375. The number of aliphatic hydroxyl groups is 1. The Morgan fingerprint density at radius 2 is 1.95 bits per heavy atom. The van der Waals surface area contributed by atoms with Crippen LogP contribution in [0.5, 0.6) is 0 Å². The van der Waals surface area contributed by atoms with Crippen LogP contribution in [0, 0.1) is 6.92 Å². The van der Waals surface area contributed by atoms with Crippen molar-refractivity contribution in [1.29, 1.82) is 0 Å². The van der Waals surface area contributed by atoms with E-state index in [9.17, 15) is 5.11 Å². The van der Waals surface area contributed by atoms with E-state index in [0.717, 1.165) is 35.5 Å². The van der Waals surface area contributed by atoms with Gasteiger partial charge in [0.25, 0.3) is 0 Å². The summed E-state index contributed by atoms with van der Waals surface area (Å²) in [6.45, 7) is 1.88. The third-order valence-electron chi connectivity index (χ3n) is 4.73. The van der Waals surface area contributed by atoms with Crippen LogP contribution in [0.15, 0.2) is 30.6 Å². The van der Waals surface area contributed by atoms with Gasteiger partial charge in [0, 0.05) is 29.1 Å². The van der Waals surface area contributed by atoms with Crippen LogP contribution in [-0.2, 0) is 5.41 Å². The molecule has 0 radical (unpaired) electrons. The molecule has 2 aliphatic rings. The van der Waals surface area contributed by atoms with Crippen molar-refractivity contribution >= 4 is 5.69 Å². The Morgan fingerprint density at radius 3 is 2.60 bits per heavy atom. The molecule has 4 heteroatoms. The van der Waals surface area contributed by atoms with Crippen LogP contribution in [0.4, 0.5) is 5.69 Å². The molecule has 1 aliphatic heterocycles. The maximum Gasteiger partial charge on any atom is 0.134 e. The molecule has 1 aromatic carbocycles. The molecule has 4 nitrogen and oxygen atoms in total. The molecule has 0 amide bonds. The van der Waals surface area contributed by atoms with Crippen molar-refractivity contribution in [3.8, 4) is 11.1 Å². The lowest BCUT2D eigenvalue weighted by molar-refractivity contribution is 0.0599. The summed E-state index contributed by atoms with van der Waals surface area (Å²) >= 11 is 0. The number of hydrogen-bond acceptors (Lipinski definition) is 4. The standard InChI is InChI=1S/C16H17N3O/c1-10-17-8-12(9-18-10)11-3-4-13-14(7-11)19-15(20)16(13)5-2-6-16/h3-4,7-9,15,19-20H,2,5-6H2,1H3. The first-order valence-electron chi connectivity index (χ1n) is 7.07. The van der Waals surface area contributed by atoms with Gasteiger partial charge in [0.05, 0.1) is 0 Å². The number of aliphatic hydroxyl groups excluding tert-OH is 1. The first kappa shape index (κ1) is 11.9. The minimum absolute atomic E-state index is 0.0440. The predicted molar refractivity (Wildman–Crippen MR) is 77.4 cm³/mol. The zero-order chi connectivity index (χ0) is 13.7. The van der Waals surface area contributed by atoms with Gasteiger partial charge in [-0.3, -0.25) is 0 Å². The van der Waals surface area contributed by atoms with E-state index in [1.165, 1.54) is 12.0 Å². The van der Waals surface area contributed by atoms with Crippen LogP contribution < -0.4 is 5.32 Å². The zero-order valence-electron chi connectivity index (χ0n) is 11.4. The Balaban J connectivity index is 1.76. The highest BCUT2D eigenvalue weighted by atomic mass is 16.3. The predicted octanol–water partition coefficient (Wildman–Crippen LogP) is 2.62. The second-order valence-corrected chi connectivity index (χ2v) is 5.84. The lowest BCUT2D eigenvalue weighted by Gasteiger charge is -2.41. The van der Waals surface area contributed by atoms with Gasteiger partial charge < -0.3 is 10.4 Å². The average molecular weight is 267 g/mol. The normalized spacial score (nSPS) is 22.2. The maximum atomic E-state index is 10.3. The van der Waals surface area contributed by atoms with Crippen molar-refractivity contribution in [2.45, 2.75) is 37.8 Å². The molecule has 1 aliphatic carbocycles. The Kier molecular flexibility index (Phi) is 2.39. The summed E-state index contributed by atoms with van der Waals surface area (Å²) in [4.78, 5) is 8.48. The minimum atomic E-state index is -0.448. The van der Waals surface area contributed by atoms with Gasteiger partial charge in [0.2, 0.25) is 0 Å². The van der Waals surface area contributed by atoms with Crippen LogP contribution in [0.1, 0.15) is 30.7 Å². The summed E-state index contributed by atoms with van der Waals surface area (Å²) in [6.07, 6.45) is 6.58. The van der Waals surface area contributed by atoms with Crippen molar-refractivity contribution in [3.05, 3.63) is 42.0 Å². The van der Waals surface area contributed by atoms with Crippen molar-refractivity contribution in [1.82, 2.24) is 9.97 Å². The third kappa shape index (κ3) is 1.51. The molecule has 2 heterocycles. The molecular formula is C16H17N3O. The van der Waals surface area contributed by atoms with Gasteiger partial charge in [-0.15, -0.1) is 0 Å². The van der Waals surface area contributed by atoms with Crippen LogP contribution in [0.3, 0.4) is 0 Å². The van der Waals surface area contributed by atoms with Crippen molar-refractivity contribution in [2.24, 2.45) is 0 Å². The second kappa shape index (κ2) is 4.03. The van der Waals surface area contributed by atoms with Crippen LogP contribution in [-0.4, -0.2) is 21.3 Å². The van der Waals surface area contributed by atoms with E-state index in [4.69, 9.17) is 0 Å². The Bertz CT molecular complexity index is 662. The summed E-state index contributed by atoms with van der Waals surface area (Å²) in [7, 11) is 0. The molecule has 4 rings (SSSR count). The van der Waals surface area contributed by atoms with Crippen molar-refractivity contribution in [3.63, 3.8) is 0 Å². The molecule has 1 aromatic heterocycles. The largest absolute Gasteiger partial charge is 0.373 e. The minimum Gasteiger partial charge on any atom is -0.373 e. The first-order valence-corrected chi connectivity index (χ1v) is 7.07. The average Bonchev–Trinajstić information content (AvgIpc) is 2.70. The lowest BCUT2D eigenvalue weighted by Crippen LogP contribution is -2.44. The maximum absolute atomic E-state index is 10.3. The molecule has 20 heavy (non-hydrogen) atoms. The fourth-order valence-electron chi connectivity index (χ4n) is 3.35. The van der Waals surface area contributed by atoms with Crippen molar-refractivity contribution in [2.75, 3.05) is 5.32 Å². The van der Waals surface area contributed by atoms with Crippen LogP contribution in [0.2, 0.25) is 0 Å². The molecule has 102 valence electrons. The highest BCUT2D eigenvalue weighted by molar-refractivity contribution is 5.73. The summed E-state index contributed by atoms with van der Waals surface area (Å²) in [6, 6.07) is 6.35. The highest BCUT2D eigenvalue weighted by Crippen LogP contribution is 2.53. The smallest absolute Gasteiger partial charge is 0.134 e. The lowest BCUT2D eigenvalue weighted by atomic mass is 9.64. The van der Waals surface area contributed by atoms with E-state index in [1.54, 1.807) is 0 Å². The number of rotatable bonds is 1. The van der Waals surface area contributed by atoms with Crippen LogP contribution >= 0.6 is 0 Å². The summed E-state index contributed by atoms with van der Waals surface area (Å²) < 4.78 is 0. The van der Waals surface area contributed by atoms with E-state index in [0.29, 0.717) is 0 Å². The Hall–Kier alpha value is -1.94. The number of aryl methyl sites for hydroxylation is 1. The number of nitrogens with one attached hydrogen (secondary N) is 1. The quantitative estimate of drug-likeness (QED) is 0.834. The van der Waals surface area contributed by atoms with E-state index < -0.39 is 6.23 Å². The number of hydrogen-bond donors (Lipinski definition) is 2. The van der Waals surface area contributed by atoms with E-state index >= 15 is 0 Å². The zero-order valence-corrected chi connectivity index (χ0v) is 11.4. The summed E-state index contributed by atoms with van der Waals surface area (Å²) in [5.74, 6) is 0.775. The monoisotopic (exact) mass is 267 g/mol. The van der Waals surface area contributed by atoms with Gasteiger partial charge in [-0.25, -0.2) is 9.97 Å².